The van der Waals surface area contributed by atoms with E-state index in [-0.39, 0.29) is 23.8 Å². The van der Waals surface area contributed by atoms with Crippen molar-refractivity contribution in [1.82, 2.24) is 0 Å². The number of esters is 1. The van der Waals surface area contributed by atoms with Crippen molar-refractivity contribution in [2.75, 3.05) is 0 Å². The number of carbonyl (C=O) groups is 2. The molecule has 1 fully saturated rings. The fourth-order valence-electron chi connectivity index (χ4n) is 3.98. The Morgan fingerprint density at radius 3 is 2.39 bits per heavy atom. The van der Waals surface area contributed by atoms with Gasteiger partial charge < -0.3 is 4.74 Å². The quantitative estimate of drug-likeness (QED) is 0.426. The van der Waals surface area contributed by atoms with Crippen molar-refractivity contribution in [3.63, 3.8) is 0 Å². The monoisotopic (exact) mass is 398 g/mol. The highest BCUT2D eigenvalue weighted by Gasteiger charge is 2.27. The molecule has 0 heterocycles. The van der Waals surface area contributed by atoms with E-state index < -0.39 is 0 Å². The van der Waals surface area contributed by atoms with Crippen LogP contribution in [0.5, 0.6) is 0 Å². The zero-order valence-electron chi connectivity index (χ0n) is 16.5. The van der Waals surface area contributed by atoms with Crippen LogP contribution >= 0.6 is 11.6 Å². The molecule has 4 heteroatoms. The van der Waals surface area contributed by atoms with Crippen LogP contribution in [0.2, 0.25) is 5.02 Å². The van der Waals surface area contributed by atoms with Crippen molar-refractivity contribution in [3.8, 4) is 0 Å². The molecule has 1 saturated carbocycles. The van der Waals surface area contributed by atoms with Crippen LogP contribution in [0.25, 0.3) is 0 Å². The molecular formula is C24H27ClO3. The Bertz CT molecular complexity index is 835. The lowest BCUT2D eigenvalue weighted by molar-refractivity contribution is -0.152. The van der Waals surface area contributed by atoms with Crippen LogP contribution in [0.4, 0.5) is 0 Å². The summed E-state index contributed by atoms with van der Waals surface area (Å²) in [5.74, 6) is -0.583. The summed E-state index contributed by atoms with van der Waals surface area (Å²) in [7, 11) is 0. The molecule has 0 amide bonds. The molecule has 0 radical (unpaired) electrons. The Labute approximate surface area is 172 Å². The average Bonchev–Trinajstić information content (AvgIpc) is 2.70. The third-order valence-corrected chi connectivity index (χ3v) is 5.88. The number of ether oxygens (including phenoxy) is 1. The van der Waals surface area contributed by atoms with Crippen molar-refractivity contribution >= 4 is 23.4 Å². The molecular weight excluding hydrogens is 372 g/mol. The average molecular weight is 399 g/mol. The molecule has 0 aromatic heterocycles. The summed E-state index contributed by atoms with van der Waals surface area (Å²) in [5.41, 5.74) is 2.92. The van der Waals surface area contributed by atoms with Crippen LogP contribution in [0.1, 0.15) is 78.4 Å². The zero-order chi connectivity index (χ0) is 20.1. The summed E-state index contributed by atoms with van der Waals surface area (Å²) in [6, 6.07) is 12.5. The lowest BCUT2D eigenvalue weighted by atomic mass is 9.87. The molecule has 1 atom stereocenters. The van der Waals surface area contributed by atoms with E-state index >= 15 is 0 Å². The maximum Gasteiger partial charge on any atom is 0.313 e. The fraction of sp³-hybridized carbons (Fsp3) is 0.417. The predicted molar refractivity (Wildman–Crippen MR) is 112 cm³/mol. The van der Waals surface area contributed by atoms with Gasteiger partial charge in [0.15, 0.2) is 5.78 Å². The molecule has 0 N–H and O–H groups in total. The van der Waals surface area contributed by atoms with Gasteiger partial charge in [-0.2, -0.15) is 0 Å². The number of rotatable bonds is 6. The molecule has 148 valence electrons. The van der Waals surface area contributed by atoms with Gasteiger partial charge in [0.1, 0.15) is 6.10 Å². The molecule has 3 rings (SSSR count). The Hall–Kier alpha value is -2.13. The fourth-order valence-corrected chi connectivity index (χ4v) is 4.10. The highest BCUT2D eigenvalue weighted by atomic mass is 35.5. The third kappa shape index (κ3) is 4.64. The molecule has 1 unspecified atom stereocenters. The number of benzene rings is 2. The van der Waals surface area contributed by atoms with Crippen LogP contribution in [-0.2, 0) is 9.53 Å². The highest BCUT2D eigenvalue weighted by molar-refractivity contribution is 6.30. The van der Waals surface area contributed by atoms with Crippen LogP contribution in [0.3, 0.4) is 0 Å². The van der Waals surface area contributed by atoms with Gasteiger partial charge in [0.25, 0.3) is 0 Å². The zero-order valence-corrected chi connectivity index (χ0v) is 17.3. The van der Waals surface area contributed by atoms with Crippen molar-refractivity contribution in [2.45, 2.75) is 64.4 Å². The van der Waals surface area contributed by atoms with Gasteiger partial charge >= 0.3 is 5.97 Å². The minimum absolute atomic E-state index is 0.0366. The molecule has 0 aliphatic heterocycles. The maximum absolute atomic E-state index is 13.0. The van der Waals surface area contributed by atoms with Gasteiger partial charge in [-0.05, 0) is 74.4 Å². The molecule has 3 nitrogen and oxygen atoms in total. The first kappa shape index (κ1) is 20.6. The molecule has 1 aliphatic carbocycles. The minimum atomic E-state index is -0.347. The van der Waals surface area contributed by atoms with Gasteiger partial charge in [0.2, 0.25) is 0 Å². The van der Waals surface area contributed by atoms with E-state index in [9.17, 15) is 9.59 Å². The van der Waals surface area contributed by atoms with E-state index in [4.69, 9.17) is 16.3 Å². The van der Waals surface area contributed by atoms with Crippen molar-refractivity contribution < 1.29 is 14.3 Å². The number of hydrogen-bond acceptors (Lipinski definition) is 3. The Kier molecular flexibility index (Phi) is 6.90. The first-order chi connectivity index (χ1) is 13.5. The molecule has 1 aliphatic rings. The largest absolute Gasteiger partial charge is 0.462 e. The molecule has 2 aromatic rings. The first-order valence-corrected chi connectivity index (χ1v) is 10.5. The summed E-state index contributed by atoms with van der Waals surface area (Å²) in [6.07, 6.45) is 6.06. The molecule has 28 heavy (non-hydrogen) atoms. The topological polar surface area (TPSA) is 43.4 Å². The van der Waals surface area contributed by atoms with Crippen molar-refractivity contribution in [1.29, 1.82) is 0 Å². The van der Waals surface area contributed by atoms with Gasteiger partial charge in [-0.15, -0.1) is 0 Å². The Balaban J connectivity index is 1.84. The van der Waals surface area contributed by atoms with Crippen molar-refractivity contribution in [3.05, 3.63) is 69.7 Å². The van der Waals surface area contributed by atoms with E-state index in [0.29, 0.717) is 22.6 Å². The normalized spacial score (nSPS) is 15.8. The minimum Gasteiger partial charge on any atom is -0.462 e. The lowest BCUT2D eigenvalue weighted by Crippen LogP contribution is -2.25. The standard InChI is InChI=1S/C24H27ClO3/c1-3-20(24(27)28-19-8-5-4-6-9-19)21-10-7-11-22(16(21)2)23(26)17-12-14-18(25)15-13-17/h7,10-15,19-20H,3-6,8-9H2,1-2H3. The first-order valence-electron chi connectivity index (χ1n) is 10.1. The van der Waals surface area contributed by atoms with Crippen molar-refractivity contribution in [2.24, 2.45) is 0 Å². The number of hydrogen-bond donors (Lipinski definition) is 0. The van der Waals surface area contributed by atoms with Gasteiger partial charge in [-0.1, -0.05) is 43.1 Å². The number of ketones is 1. The second-order valence-corrected chi connectivity index (χ2v) is 7.95. The molecule has 2 aromatic carbocycles. The van der Waals surface area contributed by atoms with Crippen LogP contribution in [-0.4, -0.2) is 17.9 Å². The second kappa shape index (κ2) is 9.38. The maximum atomic E-state index is 13.0. The Morgan fingerprint density at radius 1 is 1.07 bits per heavy atom. The highest BCUT2D eigenvalue weighted by Crippen LogP contribution is 2.30. The Morgan fingerprint density at radius 2 is 1.75 bits per heavy atom. The van der Waals surface area contributed by atoms with E-state index in [1.165, 1.54) is 6.42 Å². The predicted octanol–water partition coefficient (Wildman–Crippen LogP) is 6.25. The van der Waals surface area contributed by atoms with Gasteiger partial charge in [0, 0.05) is 16.1 Å². The van der Waals surface area contributed by atoms with Gasteiger partial charge in [-0.25, -0.2) is 0 Å². The van der Waals surface area contributed by atoms with Gasteiger partial charge in [0.05, 0.1) is 5.92 Å². The second-order valence-electron chi connectivity index (χ2n) is 7.51. The molecule has 0 spiro atoms. The molecule has 0 bridgehead atoms. The van der Waals surface area contributed by atoms with E-state index in [0.717, 1.165) is 36.8 Å². The van der Waals surface area contributed by atoms with Gasteiger partial charge in [-0.3, -0.25) is 9.59 Å². The summed E-state index contributed by atoms with van der Waals surface area (Å²) in [5, 5.41) is 0.596. The lowest BCUT2D eigenvalue weighted by Gasteiger charge is -2.25. The summed E-state index contributed by atoms with van der Waals surface area (Å²) < 4.78 is 5.81. The summed E-state index contributed by atoms with van der Waals surface area (Å²) >= 11 is 5.93. The molecule has 0 saturated heterocycles. The number of carbonyl (C=O) groups excluding carboxylic acids is 2. The van der Waals surface area contributed by atoms with Crippen LogP contribution in [0.15, 0.2) is 42.5 Å². The van der Waals surface area contributed by atoms with E-state index in [1.807, 2.05) is 32.0 Å². The summed E-state index contributed by atoms with van der Waals surface area (Å²) in [6.45, 7) is 3.90. The van der Waals surface area contributed by atoms with E-state index in [1.54, 1.807) is 24.3 Å². The van der Waals surface area contributed by atoms with Crippen LogP contribution < -0.4 is 0 Å². The SMILES string of the molecule is CCC(C(=O)OC1CCCCC1)c1cccc(C(=O)c2ccc(Cl)cc2)c1C. The number of halogens is 1. The van der Waals surface area contributed by atoms with E-state index in [2.05, 4.69) is 0 Å². The van der Waals surface area contributed by atoms with Crippen LogP contribution in [0, 0.1) is 6.92 Å². The smallest absolute Gasteiger partial charge is 0.313 e. The third-order valence-electron chi connectivity index (χ3n) is 5.63. The summed E-state index contributed by atoms with van der Waals surface area (Å²) in [4.78, 5) is 25.8.